The summed E-state index contributed by atoms with van der Waals surface area (Å²) in [4.78, 5) is 47.4. The summed E-state index contributed by atoms with van der Waals surface area (Å²) in [6.07, 6.45) is 17.9. The van der Waals surface area contributed by atoms with Crippen molar-refractivity contribution in [3.05, 3.63) is 0 Å². The van der Waals surface area contributed by atoms with E-state index in [1.165, 1.54) is 64.2 Å². The Bertz CT molecular complexity index is 739. The van der Waals surface area contributed by atoms with E-state index in [1.807, 2.05) is 0 Å². The molecule has 0 bridgehead atoms. The molecule has 0 unspecified atom stereocenters. The smallest absolute Gasteiger partial charge is 0.329 e. The van der Waals surface area contributed by atoms with Gasteiger partial charge in [-0.25, -0.2) is 4.79 Å². The van der Waals surface area contributed by atoms with E-state index in [-0.39, 0.29) is 24.7 Å². The number of unbranched alkanes of at least 4 members (excludes halogenated alkanes) is 12. The van der Waals surface area contributed by atoms with E-state index >= 15 is 0 Å². The van der Waals surface area contributed by atoms with Crippen molar-refractivity contribution in [2.45, 2.75) is 175 Å². The number of carboxylic acids is 1. The van der Waals surface area contributed by atoms with Crippen LogP contribution in [-0.4, -0.2) is 47.0 Å². The standard InChI is InChI=1S/C33H62N2O6/c1-32(2,3)25-19-16-14-12-10-8-7-9-11-13-15-17-22-29(37)35-27(31(40)41-33(4,5)6)21-18-20-26-34-28(36)23-24-30(38)39/h27H,7-26H2,1-6H3,(H,34,36)(H,35,37)(H,38,39)/t27-/m0/s1. The molecule has 8 heteroatoms. The molecule has 2 amide bonds. The fraction of sp³-hybridized carbons (Fsp3) is 0.879. The number of aliphatic carboxylic acids is 1. The maximum Gasteiger partial charge on any atom is 0.329 e. The number of ether oxygens (including phenoxy) is 1. The van der Waals surface area contributed by atoms with E-state index in [0.717, 1.165) is 19.3 Å². The number of nitrogens with one attached hydrogen (secondary N) is 2. The first-order chi connectivity index (χ1) is 19.2. The highest BCUT2D eigenvalue weighted by molar-refractivity contribution is 5.84. The van der Waals surface area contributed by atoms with Crippen LogP contribution in [0.4, 0.5) is 0 Å². The maximum absolute atomic E-state index is 12.7. The minimum absolute atomic E-state index is 0.0515. The van der Waals surface area contributed by atoms with E-state index in [9.17, 15) is 19.2 Å². The monoisotopic (exact) mass is 582 g/mol. The van der Waals surface area contributed by atoms with Gasteiger partial charge in [-0.2, -0.15) is 0 Å². The van der Waals surface area contributed by atoms with Crippen LogP contribution in [0.1, 0.15) is 164 Å². The van der Waals surface area contributed by atoms with Crippen molar-refractivity contribution in [3.8, 4) is 0 Å². The molecular weight excluding hydrogens is 520 g/mol. The molecule has 0 saturated heterocycles. The lowest BCUT2D eigenvalue weighted by atomic mass is 9.89. The number of esters is 1. The summed E-state index contributed by atoms with van der Waals surface area (Å²) in [6.45, 7) is 12.7. The van der Waals surface area contributed by atoms with Crippen molar-refractivity contribution in [2.75, 3.05) is 6.54 Å². The van der Waals surface area contributed by atoms with Crippen LogP contribution in [0.5, 0.6) is 0 Å². The van der Waals surface area contributed by atoms with Crippen molar-refractivity contribution >= 4 is 23.8 Å². The summed E-state index contributed by atoms with van der Waals surface area (Å²) in [7, 11) is 0. The Labute approximate surface area is 250 Å². The largest absolute Gasteiger partial charge is 0.481 e. The molecule has 0 aromatic rings. The van der Waals surface area contributed by atoms with Crippen molar-refractivity contribution in [2.24, 2.45) is 5.41 Å². The predicted molar refractivity (Wildman–Crippen MR) is 166 cm³/mol. The average molecular weight is 583 g/mol. The molecule has 41 heavy (non-hydrogen) atoms. The van der Waals surface area contributed by atoms with Gasteiger partial charge in [0.15, 0.2) is 0 Å². The third-order valence-electron chi connectivity index (χ3n) is 6.91. The third kappa shape index (κ3) is 27.8. The van der Waals surface area contributed by atoms with Gasteiger partial charge in [-0.3, -0.25) is 14.4 Å². The highest BCUT2D eigenvalue weighted by atomic mass is 16.6. The summed E-state index contributed by atoms with van der Waals surface area (Å²) < 4.78 is 5.51. The average Bonchev–Trinajstić information content (AvgIpc) is 2.85. The van der Waals surface area contributed by atoms with E-state index in [4.69, 9.17) is 9.84 Å². The minimum Gasteiger partial charge on any atom is -0.481 e. The van der Waals surface area contributed by atoms with Crippen LogP contribution >= 0.6 is 0 Å². The number of amides is 2. The second kappa shape index (κ2) is 22.5. The zero-order chi connectivity index (χ0) is 31.2. The summed E-state index contributed by atoms with van der Waals surface area (Å²) in [5.41, 5.74) is -0.187. The number of hydrogen-bond donors (Lipinski definition) is 3. The van der Waals surface area contributed by atoms with E-state index in [1.54, 1.807) is 20.8 Å². The van der Waals surface area contributed by atoms with E-state index in [2.05, 4.69) is 31.4 Å². The minimum atomic E-state index is -1.00. The highest BCUT2D eigenvalue weighted by Crippen LogP contribution is 2.22. The molecule has 240 valence electrons. The zero-order valence-corrected chi connectivity index (χ0v) is 27.2. The Morgan fingerprint density at radius 2 is 1.15 bits per heavy atom. The van der Waals surface area contributed by atoms with Crippen LogP contribution in [0.2, 0.25) is 0 Å². The van der Waals surface area contributed by atoms with Crippen molar-refractivity contribution in [1.29, 1.82) is 0 Å². The maximum atomic E-state index is 12.7. The van der Waals surface area contributed by atoms with Crippen LogP contribution in [0.25, 0.3) is 0 Å². The molecular formula is C33H62N2O6. The molecule has 0 aromatic heterocycles. The summed E-state index contributed by atoms with van der Waals surface area (Å²) in [5.74, 6) is -1.89. The molecule has 0 heterocycles. The Balaban J connectivity index is 4.06. The Morgan fingerprint density at radius 3 is 1.63 bits per heavy atom. The first-order valence-electron chi connectivity index (χ1n) is 16.2. The van der Waals surface area contributed by atoms with Gasteiger partial charge in [-0.15, -0.1) is 0 Å². The third-order valence-corrected chi connectivity index (χ3v) is 6.91. The van der Waals surface area contributed by atoms with Gasteiger partial charge in [0.1, 0.15) is 11.6 Å². The van der Waals surface area contributed by atoms with Crippen LogP contribution in [0.3, 0.4) is 0 Å². The van der Waals surface area contributed by atoms with Gasteiger partial charge in [-0.05, 0) is 58.3 Å². The van der Waals surface area contributed by atoms with Gasteiger partial charge in [-0.1, -0.05) is 91.4 Å². The first kappa shape index (κ1) is 38.9. The fourth-order valence-electron chi connectivity index (χ4n) is 4.61. The van der Waals surface area contributed by atoms with Gasteiger partial charge >= 0.3 is 11.9 Å². The first-order valence-corrected chi connectivity index (χ1v) is 16.2. The number of hydrogen-bond acceptors (Lipinski definition) is 5. The van der Waals surface area contributed by atoms with Crippen molar-refractivity contribution in [1.82, 2.24) is 10.6 Å². The predicted octanol–water partition coefficient (Wildman–Crippen LogP) is 7.47. The van der Waals surface area contributed by atoms with Gasteiger partial charge in [0.2, 0.25) is 11.8 Å². The quantitative estimate of drug-likeness (QED) is 0.0801. The molecule has 3 N–H and O–H groups in total. The van der Waals surface area contributed by atoms with Gasteiger partial charge in [0.05, 0.1) is 6.42 Å². The fourth-order valence-corrected chi connectivity index (χ4v) is 4.61. The van der Waals surface area contributed by atoms with Gasteiger partial charge in [0.25, 0.3) is 0 Å². The molecule has 0 saturated carbocycles. The lowest BCUT2D eigenvalue weighted by molar-refractivity contribution is -0.159. The summed E-state index contributed by atoms with van der Waals surface area (Å²) >= 11 is 0. The normalized spacial score (nSPS) is 12.5. The summed E-state index contributed by atoms with van der Waals surface area (Å²) in [6, 6.07) is -0.720. The van der Waals surface area contributed by atoms with Crippen LogP contribution in [0.15, 0.2) is 0 Å². The molecule has 0 spiro atoms. The molecule has 0 radical (unpaired) electrons. The second-order valence-electron chi connectivity index (χ2n) is 13.7. The molecule has 0 rings (SSSR count). The molecule has 0 fully saturated rings. The SMILES string of the molecule is CC(C)(C)CCCCCCCCCCCCCCC(=O)N[C@@H](CCCCNC(=O)CCC(=O)O)C(=O)OC(C)(C)C. The van der Waals surface area contributed by atoms with Gasteiger partial charge < -0.3 is 20.5 Å². The van der Waals surface area contributed by atoms with E-state index < -0.39 is 23.6 Å². The Morgan fingerprint density at radius 1 is 0.634 bits per heavy atom. The molecule has 0 aromatic carbocycles. The van der Waals surface area contributed by atoms with Crippen LogP contribution < -0.4 is 10.6 Å². The molecule has 8 nitrogen and oxygen atoms in total. The number of carbonyl (C=O) groups excluding carboxylic acids is 3. The zero-order valence-electron chi connectivity index (χ0n) is 27.2. The Kier molecular flexibility index (Phi) is 21.3. The molecule has 0 aliphatic carbocycles. The second-order valence-corrected chi connectivity index (χ2v) is 13.7. The molecule has 0 aliphatic rings. The highest BCUT2D eigenvalue weighted by Gasteiger charge is 2.26. The molecule has 0 aliphatic heterocycles. The summed E-state index contributed by atoms with van der Waals surface area (Å²) in [5, 5.41) is 14.2. The lowest BCUT2D eigenvalue weighted by Gasteiger charge is -2.24. The topological polar surface area (TPSA) is 122 Å². The van der Waals surface area contributed by atoms with Crippen LogP contribution in [0, 0.1) is 5.41 Å². The lowest BCUT2D eigenvalue weighted by Crippen LogP contribution is -2.44. The van der Waals surface area contributed by atoms with Crippen molar-refractivity contribution < 1.29 is 29.0 Å². The van der Waals surface area contributed by atoms with Crippen molar-refractivity contribution in [3.63, 3.8) is 0 Å². The Hall–Kier alpha value is -2.12. The molecule has 1 atom stereocenters. The van der Waals surface area contributed by atoms with E-state index in [0.29, 0.717) is 37.6 Å². The number of carboxylic acid groups (broad SMARTS) is 1. The van der Waals surface area contributed by atoms with Gasteiger partial charge in [0, 0.05) is 19.4 Å². The van der Waals surface area contributed by atoms with Crippen LogP contribution in [-0.2, 0) is 23.9 Å². The number of rotatable bonds is 24. The number of carbonyl (C=O) groups is 4.